The number of anilines is 2. The fourth-order valence-corrected chi connectivity index (χ4v) is 3.02. The van der Waals surface area contributed by atoms with Crippen molar-refractivity contribution in [1.82, 2.24) is 0 Å². The summed E-state index contributed by atoms with van der Waals surface area (Å²) in [6, 6.07) is 6.66. The predicted molar refractivity (Wildman–Crippen MR) is 81.8 cm³/mol. The van der Waals surface area contributed by atoms with Gasteiger partial charge in [-0.1, -0.05) is 19.8 Å². The predicted octanol–water partition coefficient (Wildman–Crippen LogP) is 3.68. The molecule has 0 radical (unpaired) electrons. The summed E-state index contributed by atoms with van der Waals surface area (Å²) in [5.74, 6) is 1.70. The van der Waals surface area contributed by atoms with Crippen LogP contribution in [-0.4, -0.2) is 19.7 Å². The van der Waals surface area contributed by atoms with Gasteiger partial charge in [-0.15, -0.1) is 0 Å². The van der Waals surface area contributed by atoms with E-state index in [1.807, 2.05) is 19.1 Å². The molecule has 1 aromatic rings. The third kappa shape index (κ3) is 3.55. The SMILES string of the molecule is CCOc1cc(N)cc(N(C)C2CCCC(C)C2)c1. The molecule has 106 valence electrons. The maximum absolute atomic E-state index is 5.98. The molecule has 0 spiro atoms. The summed E-state index contributed by atoms with van der Waals surface area (Å²) in [4.78, 5) is 2.37. The Morgan fingerprint density at radius 3 is 2.79 bits per heavy atom. The second-order valence-corrected chi connectivity index (χ2v) is 5.73. The van der Waals surface area contributed by atoms with Gasteiger partial charge in [0.2, 0.25) is 0 Å². The smallest absolute Gasteiger partial charge is 0.123 e. The number of hydrogen-bond donors (Lipinski definition) is 1. The number of ether oxygens (including phenoxy) is 1. The van der Waals surface area contributed by atoms with Gasteiger partial charge in [0.1, 0.15) is 5.75 Å². The Morgan fingerprint density at radius 2 is 2.11 bits per heavy atom. The summed E-state index contributed by atoms with van der Waals surface area (Å²) in [6.07, 6.45) is 5.25. The molecule has 1 aliphatic rings. The number of nitrogens with zero attached hydrogens (tertiary/aromatic N) is 1. The summed E-state index contributed by atoms with van der Waals surface area (Å²) in [6.45, 7) is 5.02. The Balaban J connectivity index is 2.15. The van der Waals surface area contributed by atoms with Gasteiger partial charge in [-0.05, 0) is 31.7 Å². The number of hydrogen-bond acceptors (Lipinski definition) is 3. The molecule has 2 N–H and O–H groups in total. The molecule has 0 heterocycles. The highest BCUT2D eigenvalue weighted by molar-refractivity contribution is 5.60. The Morgan fingerprint density at radius 1 is 1.32 bits per heavy atom. The Hall–Kier alpha value is -1.38. The Bertz CT molecular complexity index is 419. The van der Waals surface area contributed by atoms with Crippen LogP contribution in [0.15, 0.2) is 18.2 Å². The van der Waals surface area contributed by atoms with Crippen LogP contribution in [0, 0.1) is 5.92 Å². The van der Waals surface area contributed by atoms with E-state index in [0.29, 0.717) is 12.6 Å². The van der Waals surface area contributed by atoms with Crippen LogP contribution in [0.4, 0.5) is 11.4 Å². The lowest BCUT2D eigenvalue weighted by Crippen LogP contribution is -2.35. The molecule has 0 saturated heterocycles. The third-order valence-corrected chi connectivity index (χ3v) is 4.09. The second-order valence-electron chi connectivity index (χ2n) is 5.73. The van der Waals surface area contributed by atoms with Crippen molar-refractivity contribution in [2.75, 3.05) is 24.3 Å². The molecule has 1 saturated carbocycles. The van der Waals surface area contributed by atoms with Gasteiger partial charge in [-0.3, -0.25) is 0 Å². The monoisotopic (exact) mass is 262 g/mol. The molecule has 1 aromatic carbocycles. The van der Waals surface area contributed by atoms with Crippen LogP contribution in [0.5, 0.6) is 5.75 Å². The molecule has 0 amide bonds. The molecule has 1 aliphatic carbocycles. The summed E-state index contributed by atoms with van der Waals surface area (Å²) in [5.41, 5.74) is 7.92. The van der Waals surface area contributed by atoms with E-state index in [1.165, 1.54) is 31.4 Å². The molecule has 1 fully saturated rings. The lowest BCUT2D eigenvalue weighted by Gasteiger charge is -2.35. The Labute approximate surface area is 116 Å². The van der Waals surface area contributed by atoms with Crippen molar-refractivity contribution < 1.29 is 4.74 Å². The number of rotatable bonds is 4. The molecule has 0 bridgehead atoms. The van der Waals surface area contributed by atoms with Crippen molar-refractivity contribution in [3.63, 3.8) is 0 Å². The minimum absolute atomic E-state index is 0.625. The van der Waals surface area contributed by atoms with E-state index < -0.39 is 0 Å². The number of nitrogen functional groups attached to an aromatic ring is 1. The topological polar surface area (TPSA) is 38.5 Å². The van der Waals surface area contributed by atoms with Crippen molar-refractivity contribution in [3.8, 4) is 5.75 Å². The van der Waals surface area contributed by atoms with Gasteiger partial charge in [-0.2, -0.15) is 0 Å². The minimum atomic E-state index is 0.625. The zero-order chi connectivity index (χ0) is 13.8. The van der Waals surface area contributed by atoms with Crippen molar-refractivity contribution in [2.24, 2.45) is 5.92 Å². The summed E-state index contributed by atoms with van der Waals surface area (Å²) in [5, 5.41) is 0. The van der Waals surface area contributed by atoms with E-state index in [2.05, 4.69) is 24.9 Å². The van der Waals surface area contributed by atoms with Gasteiger partial charge in [0.05, 0.1) is 6.61 Å². The van der Waals surface area contributed by atoms with Crippen LogP contribution < -0.4 is 15.4 Å². The molecule has 3 heteroatoms. The van der Waals surface area contributed by atoms with Crippen molar-refractivity contribution in [2.45, 2.75) is 45.6 Å². The largest absolute Gasteiger partial charge is 0.494 e. The van der Waals surface area contributed by atoms with Crippen molar-refractivity contribution >= 4 is 11.4 Å². The third-order valence-electron chi connectivity index (χ3n) is 4.09. The molecular weight excluding hydrogens is 236 g/mol. The fourth-order valence-electron chi connectivity index (χ4n) is 3.02. The first-order chi connectivity index (χ1) is 9.10. The van der Waals surface area contributed by atoms with Gasteiger partial charge >= 0.3 is 0 Å². The molecule has 2 atom stereocenters. The second kappa shape index (κ2) is 6.18. The normalized spacial score (nSPS) is 23.1. The summed E-state index contributed by atoms with van der Waals surface area (Å²) in [7, 11) is 2.17. The molecule has 19 heavy (non-hydrogen) atoms. The van der Waals surface area contributed by atoms with Crippen LogP contribution in [0.25, 0.3) is 0 Å². The zero-order valence-electron chi connectivity index (χ0n) is 12.4. The average molecular weight is 262 g/mol. The first-order valence-electron chi connectivity index (χ1n) is 7.36. The van der Waals surface area contributed by atoms with Gasteiger partial charge in [0.25, 0.3) is 0 Å². The zero-order valence-corrected chi connectivity index (χ0v) is 12.4. The van der Waals surface area contributed by atoms with Crippen LogP contribution in [0.1, 0.15) is 39.5 Å². The van der Waals surface area contributed by atoms with Crippen molar-refractivity contribution in [1.29, 1.82) is 0 Å². The van der Waals surface area contributed by atoms with Gasteiger partial charge in [-0.25, -0.2) is 0 Å². The number of benzene rings is 1. The number of nitrogens with two attached hydrogens (primary N) is 1. The molecule has 0 aromatic heterocycles. The minimum Gasteiger partial charge on any atom is -0.494 e. The first kappa shape index (κ1) is 14.0. The molecule has 0 aliphatic heterocycles. The van der Waals surface area contributed by atoms with E-state index in [9.17, 15) is 0 Å². The molecule has 3 nitrogen and oxygen atoms in total. The average Bonchev–Trinajstić information content (AvgIpc) is 2.37. The lowest BCUT2D eigenvalue weighted by molar-refractivity contribution is 0.333. The van der Waals surface area contributed by atoms with E-state index >= 15 is 0 Å². The quantitative estimate of drug-likeness (QED) is 0.841. The van der Waals surface area contributed by atoms with Crippen LogP contribution in [0.2, 0.25) is 0 Å². The van der Waals surface area contributed by atoms with Crippen LogP contribution in [-0.2, 0) is 0 Å². The highest BCUT2D eigenvalue weighted by Crippen LogP contribution is 2.32. The first-order valence-corrected chi connectivity index (χ1v) is 7.36. The van der Waals surface area contributed by atoms with E-state index in [1.54, 1.807) is 0 Å². The summed E-state index contributed by atoms with van der Waals surface area (Å²) < 4.78 is 5.58. The molecule has 2 unspecified atom stereocenters. The highest BCUT2D eigenvalue weighted by atomic mass is 16.5. The van der Waals surface area contributed by atoms with E-state index in [-0.39, 0.29) is 0 Å². The Kier molecular flexibility index (Phi) is 4.56. The van der Waals surface area contributed by atoms with Gasteiger partial charge in [0, 0.05) is 36.6 Å². The van der Waals surface area contributed by atoms with Crippen molar-refractivity contribution in [3.05, 3.63) is 18.2 Å². The van der Waals surface area contributed by atoms with E-state index in [4.69, 9.17) is 10.5 Å². The van der Waals surface area contributed by atoms with Gasteiger partial charge in [0.15, 0.2) is 0 Å². The summed E-state index contributed by atoms with van der Waals surface area (Å²) >= 11 is 0. The maximum atomic E-state index is 5.98. The van der Waals surface area contributed by atoms with Gasteiger partial charge < -0.3 is 15.4 Å². The lowest BCUT2D eigenvalue weighted by atomic mass is 9.86. The van der Waals surface area contributed by atoms with E-state index in [0.717, 1.165) is 17.4 Å². The maximum Gasteiger partial charge on any atom is 0.123 e. The van der Waals surface area contributed by atoms with Crippen LogP contribution >= 0.6 is 0 Å². The molecular formula is C16H26N2O. The fraction of sp³-hybridized carbons (Fsp3) is 0.625. The molecule has 2 rings (SSSR count). The standard InChI is InChI=1S/C16H26N2O/c1-4-19-16-10-13(17)9-15(11-16)18(3)14-7-5-6-12(2)8-14/h9-12,14H,4-8,17H2,1-3H3. The highest BCUT2D eigenvalue weighted by Gasteiger charge is 2.23. The van der Waals surface area contributed by atoms with Crippen LogP contribution in [0.3, 0.4) is 0 Å².